The molecule has 2 rings (SSSR count). The maximum atomic E-state index is 12.1. The minimum Gasteiger partial charge on any atom is -0.480 e. The SMILES string of the molecule is CC1CCCCC1NC(=O)NC(=O)CN(CC(=O)O)c1ccccc1. The third-order valence-electron chi connectivity index (χ3n) is 4.46. The van der Waals surface area contributed by atoms with Crippen LogP contribution in [0.4, 0.5) is 10.5 Å². The van der Waals surface area contributed by atoms with Crippen LogP contribution >= 0.6 is 0 Å². The first-order valence-corrected chi connectivity index (χ1v) is 8.58. The number of anilines is 1. The highest BCUT2D eigenvalue weighted by atomic mass is 16.4. The molecule has 25 heavy (non-hydrogen) atoms. The number of para-hydroxylation sites is 1. The molecule has 0 bridgehead atoms. The van der Waals surface area contributed by atoms with Crippen LogP contribution < -0.4 is 15.5 Å². The molecule has 0 saturated heterocycles. The zero-order valence-electron chi connectivity index (χ0n) is 14.4. The monoisotopic (exact) mass is 347 g/mol. The van der Waals surface area contributed by atoms with Gasteiger partial charge in [0.1, 0.15) is 6.54 Å². The predicted molar refractivity (Wildman–Crippen MR) is 94.4 cm³/mol. The molecule has 0 aromatic heterocycles. The van der Waals surface area contributed by atoms with E-state index in [-0.39, 0.29) is 19.1 Å². The molecule has 0 heterocycles. The van der Waals surface area contributed by atoms with Gasteiger partial charge >= 0.3 is 12.0 Å². The number of imide groups is 1. The molecule has 0 aliphatic heterocycles. The van der Waals surface area contributed by atoms with Crippen LogP contribution in [0.1, 0.15) is 32.6 Å². The lowest BCUT2D eigenvalue weighted by atomic mass is 9.86. The number of nitrogens with zero attached hydrogens (tertiary/aromatic N) is 1. The van der Waals surface area contributed by atoms with Gasteiger partial charge in [-0.3, -0.25) is 14.9 Å². The number of carboxylic acids is 1. The summed E-state index contributed by atoms with van der Waals surface area (Å²) in [4.78, 5) is 36.6. The molecule has 1 aliphatic carbocycles. The first-order chi connectivity index (χ1) is 12.0. The van der Waals surface area contributed by atoms with Crippen LogP contribution in [0.25, 0.3) is 0 Å². The largest absolute Gasteiger partial charge is 0.480 e. The van der Waals surface area contributed by atoms with Crippen LogP contribution in [0.3, 0.4) is 0 Å². The lowest BCUT2D eigenvalue weighted by Gasteiger charge is -2.29. The Labute approximate surface area is 147 Å². The Bertz CT molecular complexity index is 606. The van der Waals surface area contributed by atoms with Crippen molar-refractivity contribution in [2.45, 2.75) is 38.6 Å². The Morgan fingerprint density at radius 2 is 1.80 bits per heavy atom. The second-order valence-electron chi connectivity index (χ2n) is 6.48. The van der Waals surface area contributed by atoms with Crippen LogP contribution in [-0.4, -0.2) is 42.1 Å². The molecule has 136 valence electrons. The zero-order chi connectivity index (χ0) is 18.2. The van der Waals surface area contributed by atoms with E-state index in [1.54, 1.807) is 30.3 Å². The Morgan fingerprint density at radius 1 is 1.12 bits per heavy atom. The van der Waals surface area contributed by atoms with Gasteiger partial charge in [0.15, 0.2) is 0 Å². The minimum absolute atomic E-state index is 0.0748. The number of nitrogens with one attached hydrogen (secondary N) is 2. The highest BCUT2D eigenvalue weighted by molar-refractivity contribution is 5.97. The average Bonchev–Trinajstić information content (AvgIpc) is 2.56. The number of rotatable bonds is 6. The third kappa shape index (κ3) is 6.10. The van der Waals surface area contributed by atoms with E-state index in [1.165, 1.54) is 11.3 Å². The average molecular weight is 347 g/mol. The summed E-state index contributed by atoms with van der Waals surface area (Å²) in [6.45, 7) is 1.57. The van der Waals surface area contributed by atoms with Crippen LogP contribution in [0.2, 0.25) is 0 Å². The molecule has 7 nitrogen and oxygen atoms in total. The second kappa shape index (κ2) is 9.05. The summed E-state index contributed by atoms with van der Waals surface area (Å²) in [5.41, 5.74) is 0.612. The first-order valence-electron chi connectivity index (χ1n) is 8.58. The number of urea groups is 1. The normalized spacial score (nSPS) is 19.7. The van der Waals surface area contributed by atoms with Gasteiger partial charge in [0.2, 0.25) is 5.91 Å². The molecule has 1 aromatic rings. The quantitative estimate of drug-likeness (QED) is 0.731. The number of carbonyl (C=O) groups excluding carboxylic acids is 2. The van der Waals surface area contributed by atoms with E-state index in [0.717, 1.165) is 19.3 Å². The van der Waals surface area contributed by atoms with Crippen molar-refractivity contribution in [3.8, 4) is 0 Å². The van der Waals surface area contributed by atoms with Crippen molar-refractivity contribution >= 4 is 23.6 Å². The molecule has 1 aliphatic rings. The molecule has 1 fully saturated rings. The van der Waals surface area contributed by atoms with Gasteiger partial charge in [0.25, 0.3) is 0 Å². The molecular weight excluding hydrogens is 322 g/mol. The van der Waals surface area contributed by atoms with E-state index >= 15 is 0 Å². The maximum Gasteiger partial charge on any atom is 0.323 e. The summed E-state index contributed by atoms with van der Waals surface area (Å²) < 4.78 is 0. The fraction of sp³-hybridized carbons (Fsp3) is 0.500. The van der Waals surface area contributed by atoms with E-state index in [9.17, 15) is 14.4 Å². The molecule has 1 aromatic carbocycles. The van der Waals surface area contributed by atoms with E-state index in [4.69, 9.17) is 5.11 Å². The van der Waals surface area contributed by atoms with Crippen molar-refractivity contribution in [1.82, 2.24) is 10.6 Å². The second-order valence-corrected chi connectivity index (χ2v) is 6.48. The number of amides is 3. The van der Waals surface area contributed by atoms with E-state index in [1.807, 2.05) is 0 Å². The molecule has 0 radical (unpaired) electrons. The van der Waals surface area contributed by atoms with Gasteiger partial charge in [-0.2, -0.15) is 0 Å². The van der Waals surface area contributed by atoms with E-state index < -0.39 is 17.9 Å². The smallest absolute Gasteiger partial charge is 0.323 e. The lowest BCUT2D eigenvalue weighted by Crippen LogP contribution is -2.50. The maximum absolute atomic E-state index is 12.1. The number of aliphatic carboxylic acids is 1. The van der Waals surface area contributed by atoms with Gasteiger partial charge in [-0.25, -0.2) is 4.79 Å². The van der Waals surface area contributed by atoms with Gasteiger partial charge in [0, 0.05) is 11.7 Å². The van der Waals surface area contributed by atoms with Crippen molar-refractivity contribution in [3.63, 3.8) is 0 Å². The standard InChI is InChI=1S/C18H25N3O4/c1-13-7-5-6-10-15(13)19-18(25)20-16(22)11-21(12-17(23)24)14-8-3-2-4-9-14/h2-4,8-9,13,15H,5-7,10-12H2,1H3,(H,23,24)(H2,19,20,22,25). The molecular formula is C18H25N3O4. The van der Waals surface area contributed by atoms with Gasteiger partial charge in [0.05, 0.1) is 6.54 Å². The van der Waals surface area contributed by atoms with Gasteiger partial charge in [-0.15, -0.1) is 0 Å². The molecule has 3 N–H and O–H groups in total. The fourth-order valence-electron chi connectivity index (χ4n) is 3.12. The van der Waals surface area contributed by atoms with Crippen molar-refractivity contribution in [3.05, 3.63) is 30.3 Å². The van der Waals surface area contributed by atoms with E-state index in [0.29, 0.717) is 11.6 Å². The Hall–Kier alpha value is -2.57. The lowest BCUT2D eigenvalue weighted by molar-refractivity contribution is -0.135. The van der Waals surface area contributed by atoms with Crippen LogP contribution in [0, 0.1) is 5.92 Å². The van der Waals surface area contributed by atoms with Crippen LogP contribution in [0.5, 0.6) is 0 Å². The number of carbonyl (C=O) groups is 3. The number of benzene rings is 1. The highest BCUT2D eigenvalue weighted by Crippen LogP contribution is 2.23. The Balaban J connectivity index is 1.89. The Kier molecular flexibility index (Phi) is 6.80. The van der Waals surface area contributed by atoms with Gasteiger partial charge in [-0.05, 0) is 30.9 Å². The Morgan fingerprint density at radius 3 is 2.44 bits per heavy atom. The topological polar surface area (TPSA) is 98.7 Å². The molecule has 2 unspecified atom stereocenters. The summed E-state index contributed by atoms with van der Waals surface area (Å²) in [7, 11) is 0. The number of hydrogen-bond acceptors (Lipinski definition) is 4. The molecule has 7 heteroatoms. The molecule has 0 spiro atoms. The third-order valence-corrected chi connectivity index (χ3v) is 4.46. The molecule has 1 saturated carbocycles. The van der Waals surface area contributed by atoms with Crippen LogP contribution in [0.15, 0.2) is 30.3 Å². The molecule has 2 atom stereocenters. The predicted octanol–water partition coefficient (Wildman–Crippen LogP) is 1.98. The zero-order valence-corrected chi connectivity index (χ0v) is 14.4. The number of carboxylic acid groups (broad SMARTS) is 1. The van der Waals surface area contributed by atoms with Crippen molar-refractivity contribution < 1.29 is 19.5 Å². The summed E-state index contributed by atoms with van der Waals surface area (Å²) in [5, 5.41) is 14.2. The molecule has 3 amide bonds. The fourth-order valence-corrected chi connectivity index (χ4v) is 3.12. The van der Waals surface area contributed by atoms with Crippen molar-refractivity contribution in [2.24, 2.45) is 5.92 Å². The van der Waals surface area contributed by atoms with Gasteiger partial charge in [-0.1, -0.05) is 38.0 Å². The summed E-state index contributed by atoms with van der Waals surface area (Å²) in [6, 6.07) is 8.33. The summed E-state index contributed by atoms with van der Waals surface area (Å²) >= 11 is 0. The van der Waals surface area contributed by atoms with Crippen molar-refractivity contribution in [1.29, 1.82) is 0 Å². The van der Waals surface area contributed by atoms with Gasteiger partial charge < -0.3 is 15.3 Å². The minimum atomic E-state index is -1.04. The first kappa shape index (κ1) is 18.8. The summed E-state index contributed by atoms with van der Waals surface area (Å²) in [6.07, 6.45) is 4.22. The van der Waals surface area contributed by atoms with Crippen molar-refractivity contribution in [2.75, 3.05) is 18.0 Å². The number of hydrogen-bond donors (Lipinski definition) is 3. The summed E-state index contributed by atoms with van der Waals surface area (Å²) in [5.74, 6) is -1.19. The van der Waals surface area contributed by atoms with Crippen LogP contribution in [-0.2, 0) is 9.59 Å². The van der Waals surface area contributed by atoms with E-state index in [2.05, 4.69) is 17.6 Å². The highest BCUT2D eigenvalue weighted by Gasteiger charge is 2.24.